The molecule has 0 radical (unpaired) electrons. The Hall–Kier alpha value is -2.72. The van der Waals surface area contributed by atoms with Crippen LogP contribution >= 0.6 is 11.8 Å². The lowest BCUT2D eigenvalue weighted by Crippen LogP contribution is -2.48. The number of thioether (sulfide) groups is 1. The van der Waals surface area contributed by atoms with E-state index in [0.717, 1.165) is 73.5 Å². The summed E-state index contributed by atoms with van der Waals surface area (Å²) in [6.07, 6.45) is 8.07. The molecule has 9 nitrogen and oxygen atoms in total. The monoisotopic (exact) mass is 424 g/mol. The number of piperazine rings is 1. The third-order valence-corrected chi connectivity index (χ3v) is 6.59. The van der Waals surface area contributed by atoms with Crippen molar-refractivity contribution in [3.8, 4) is 5.82 Å². The molecule has 5 heterocycles. The summed E-state index contributed by atoms with van der Waals surface area (Å²) in [6, 6.07) is 3.65. The fourth-order valence-corrected chi connectivity index (χ4v) is 4.81. The highest BCUT2D eigenvalue weighted by atomic mass is 32.2. The quantitative estimate of drug-likeness (QED) is 0.596. The van der Waals surface area contributed by atoms with Gasteiger partial charge < -0.3 is 4.90 Å². The second kappa shape index (κ2) is 8.57. The van der Waals surface area contributed by atoms with Crippen LogP contribution in [0.2, 0.25) is 0 Å². The van der Waals surface area contributed by atoms with Gasteiger partial charge in [0.1, 0.15) is 5.82 Å². The minimum absolute atomic E-state index is 0.0144. The second-order valence-corrected chi connectivity index (χ2v) is 8.60. The van der Waals surface area contributed by atoms with E-state index in [0.29, 0.717) is 6.54 Å². The molecule has 156 valence electrons. The third-order valence-electron chi connectivity index (χ3n) is 5.58. The molecule has 0 aliphatic carbocycles. The van der Waals surface area contributed by atoms with E-state index in [4.69, 9.17) is 4.98 Å². The molecule has 2 aliphatic rings. The van der Waals surface area contributed by atoms with Gasteiger partial charge in [0.05, 0.1) is 24.6 Å². The number of fused-ring (bicyclic) bond motifs is 1. The zero-order chi connectivity index (χ0) is 20.3. The van der Waals surface area contributed by atoms with E-state index >= 15 is 0 Å². The summed E-state index contributed by atoms with van der Waals surface area (Å²) in [5.41, 5.74) is 2.22. The van der Waals surface area contributed by atoms with E-state index in [2.05, 4.69) is 25.0 Å². The summed E-state index contributed by atoms with van der Waals surface area (Å²) in [5, 5.41) is 8.85. The minimum atomic E-state index is 0.0144. The van der Waals surface area contributed by atoms with Crippen molar-refractivity contribution in [1.82, 2.24) is 34.4 Å². The third kappa shape index (κ3) is 4.10. The predicted molar refractivity (Wildman–Crippen MR) is 116 cm³/mol. The van der Waals surface area contributed by atoms with E-state index in [1.54, 1.807) is 34.0 Å². The molecule has 0 saturated carbocycles. The van der Waals surface area contributed by atoms with Gasteiger partial charge in [0.2, 0.25) is 0 Å². The number of anilines is 1. The van der Waals surface area contributed by atoms with Crippen molar-refractivity contribution >= 4 is 17.6 Å². The van der Waals surface area contributed by atoms with Gasteiger partial charge in [-0.05, 0) is 17.4 Å². The Bertz CT molecular complexity index is 1060. The lowest BCUT2D eigenvalue weighted by Gasteiger charge is -2.35. The van der Waals surface area contributed by atoms with Crippen LogP contribution in [0.3, 0.4) is 0 Å². The van der Waals surface area contributed by atoms with E-state index < -0.39 is 0 Å². The molecule has 3 aromatic heterocycles. The first-order chi connectivity index (χ1) is 14.8. The number of aryl methyl sites for hydroxylation is 1. The maximum Gasteiger partial charge on any atom is 0.267 e. The van der Waals surface area contributed by atoms with Crippen LogP contribution in [-0.2, 0) is 18.7 Å². The van der Waals surface area contributed by atoms with Crippen molar-refractivity contribution in [2.24, 2.45) is 0 Å². The Morgan fingerprint density at radius 3 is 2.77 bits per heavy atom. The summed E-state index contributed by atoms with van der Waals surface area (Å²) in [6.45, 7) is 5.05. The van der Waals surface area contributed by atoms with Gasteiger partial charge in [-0.25, -0.2) is 14.3 Å². The summed E-state index contributed by atoms with van der Waals surface area (Å²) in [5.74, 6) is 3.58. The fourth-order valence-electron chi connectivity index (χ4n) is 3.86. The topological polar surface area (TPSA) is 85.0 Å². The van der Waals surface area contributed by atoms with Crippen molar-refractivity contribution in [3.63, 3.8) is 0 Å². The molecule has 0 aromatic carbocycles. The number of hydrogen-bond acceptors (Lipinski definition) is 8. The van der Waals surface area contributed by atoms with Crippen molar-refractivity contribution in [2.75, 3.05) is 43.4 Å². The first kappa shape index (κ1) is 19.3. The molecule has 0 bridgehead atoms. The van der Waals surface area contributed by atoms with Gasteiger partial charge in [-0.2, -0.15) is 22.0 Å². The van der Waals surface area contributed by atoms with Crippen LogP contribution in [0.5, 0.6) is 0 Å². The van der Waals surface area contributed by atoms with Gasteiger partial charge in [-0.3, -0.25) is 14.7 Å². The normalized spacial score (nSPS) is 17.1. The lowest BCUT2D eigenvalue weighted by molar-refractivity contribution is 0.242. The number of hydrogen-bond donors (Lipinski definition) is 0. The van der Waals surface area contributed by atoms with Crippen LogP contribution in [0.15, 0.2) is 41.7 Å². The van der Waals surface area contributed by atoms with Crippen molar-refractivity contribution in [3.05, 3.63) is 58.5 Å². The van der Waals surface area contributed by atoms with Gasteiger partial charge in [-0.15, -0.1) is 0 Å². The van der Waals surface area contributed by atoms with Crippen molar-refractivity contribution in [1.29, 1.82) is 0 Å². The highest BCUT2D eigenvalue weighted by Gasteiger charge is 2.19. The SMILES string of the molecule is O=c1cc2c(nn1CCN1CCN(c3cncc(-n4cccn4)n3)CC1)CCSC2. The summed E-state index contributed by atoms with van der Waals surface area (Å²) in [7, 11) is 0. The van der Waals surface area contributed by atoms with E-state index in [-0.39, 0.29) is 5.56 Å². The molecule has 30 heavy (non-hydrogen) atoms. The number of nitrogens with zero attached hydrogens (tertiary/aromatic N) is 8. The maximum atomic E-state index is 12.4. The van der Waals surface area contributed by atoms with Crippen LogP contribution < -0.4 is 10.5 Å². The Balaban J connectivity index is 1.18. The van der Waals surface area contributed by atoms with Gasteiger partial charge in [0.15, 0.2) is 5.82 Å². The molecule has 3 aromatic rings. The molecule has 1 fully saturated rings. The Morgan fingerprint density at radius 2 is 1.93 bits per heavy atom. The molecule has 10 heteroatoms. The molecule has 5 rings (SSSR count). The van der Waals surface area contributed by atoms with Crippen LogP contribution in [0.1, 0.15) is 11.3 Å². The Kier molecular flexibility index (Phi) is 5.50. The average Bonchev–Trinajstić information content (AvgIpc) is 3.33. The largest absolute Gasteiger partial charge is 0.353 e. The number of rotatable bonds is 5. The average molecular weight is 425 g/mol. The first-order valence-electron chi connectivity index (χ1n) is 10.2. The molecule has 0 unspecified atom stereocenters. The second-order valence-electron chi connectivity index (χ2n) is 7.50. The van der Waals surface area contributed by atoms with Crippen molar-refractivity contribution in [2.45, 2.75) is 18.7 Å². The predicted octanol–water partition coefficient (Wildman–Crippen LogP) is 0.830. The number of aromatic nitrogens is 6. The minimum Gasteiger partial charge on any atom is -0.353 e. The van der Waals surface area contributed by atoms with E-state index in [1.165, 1.54) is 0 Å². The molecule has 0 amide bonds. The Labute approximate surface area is 178 Å². The molecular formula is C20H24N8OS. The van der Waals surface area contributed by atoms with Gasteiger partial charge in [0.25, 0.3) is 5.56 Å². The van der Waals surface area contributed by atoms with Gasteiger partial charge >= 0.3 is 0 Å². The van der Waals surface area contributed by atoms with Crippen LogP contribution in [0, 0.1) is 0 Å². The van der Waals surface area contributed by atoms with Gasteiger partial charge in [0, 0.05) is 63.4 Å². The zero-order valence-electron chi connectivity index (χ0n) is 16.7. The highest BCUT2D eigenvalue weighted by molar-refractivity contribution is 7.98. The fraction of sp³-hybridized carbons (Fsp3) is 0.450. The van der Waals surface area contributed by atoms with Crippen LogP contribution in [0.4, 0.5) is 5.82 Å². The summed E-state index contributed by atoms with van der Waals surface area (Å²) < 4.78 is 3.36. The van der Waals surface area contributed by atoms with Gasteiger partial charge in [-0.1, -0.05) is 0 Å². The highest BCUT2D eigenvalue weighted by Crippen LogP contribution is 2.21. The van der Waals surface area contributed by atoms with Crippen LogP contribution in [-0.4, -0.2) is 72.9 Å². The first-order valence-corrected chi connectivity index (χ1v) is 11.4. The van der Waals surface area contributed by atoms with E-state index in [9.17, 15) is 4.79 Å². The Morgan fingerprint density at radius 1 is 1.07 bits per heavy atom. The summed E-state index contributed by atoms with van der Waals surface area (Å²) in [4.78, 5) is 26.0. The zero-order valence-corrected chi connectivity index (χ0v) is 17.5. The van der Waals surface area contributed by atoms with E-state index in [1.807, 2.05) is 24.0 Å². The molecule has 0 spiro atoms. The molecular weight excluding hydrogens is 400 g/mol. The van der Waals surface area contributed by atoms with Crippen LogP contribution in [0.25, 0.3) is 5.82 Å². The molecule has 0 N–H and O–H groups in total. The maximum absolute atomic E-state index is 12.4. The molecule has 0 atom stereocenters. The smallest absolute Gasteiger partial charge is 0.267 e. The standard InChI is InChI=1S/C20H24N8OS/c29-20-12-16-15-30-11-2-17(16)24-28(20)10-7-25-5-8-26(9-6-25)18-13-21-14-19(23-18)27-4-1-3-22-27/h1,3-4,12-14H,2,5-11,15H2. The van der Waals surface area contributed by atoms with Crippen molar-refractivity contribution < 1.29 is 0 Å². The lowest BCUT2D eigenvalue weighted by atomic mass is 10.2. The summed E-state index contributed by atoms with van der Waals surface area (Å²) >= 11 is 1.87. The molecule has 1 saturated heterocycles. The molecule has 2 aliphatic heterocycles.